The molecule has 0 bridgehead atoms. The molecule has 1 saturated carbocycles. The maximum atomic E-state index is 12.8. The highest BCUT2D eigenvalue weighted by molar-refractivity contribution is 5.79. The summed E-state index contributed by atoms with van der Waals surface area (Å²) >= 11 is 0. The van der Waals surface area contributed by atoms with Gasteiger partial charge in [-0.3, -0.25) is 4.79 Å². The normalized spacial score (nSPS) is 33.9. The average molecular weight is 276 g/mol. The Balaban J connectivity index is 1.70. The van der Waals surface area contributed by atoms with Gasteiger partial charge in [0.15, 0.2) is 0 Å². The maximum Gasteiger partial charge on any atom is 0.226 e. The summed E-state index contributed by atoms with van der Waals surface area (Å²) in [6, 6.07) is 0.159. The van der Waals surface area contributed by atoms with Gasteiger partial charge in [0, 0.05) is 37.4 Å². The smallest absolute Gasteiger partial charge is 0.226 e. The van der Waals surface area contributed by atoms with E-state index in [0.29, 0.717) is 18.4 Å². The molecular formula is C15H24N4O. The second kappa shape index (κ2) is 5.20. The number of carbonyl (C=O) groups is 1. The zero-order valence-electron chi connectivity index (χ0n) is 12.3. The summed E-state index contributed by atoms with van der Waals surface area (Å²) in [5.74, 6) is 2.30. The Hall–Kier alpha value is -1.36. The van der Waals surface area contributed by atoms with Gasteiger partial charge in [-0.15, -0.1) is 0 Å². The first kappa shape index (κ1) is 13.6. The molecule has 5 nitrogen and oxygen atoms in total. The van der Waals surface area contributed by atoms with E-state index in [-0.39, 0.29) is 17.9 Å². The van der Waals surface area contributed by atoms with Crippen LogP contribution in [0.25, 0.3) is 0 Å². The molecule has 0 spiro atoms. The van der Waals surface area contributed by atoms with Gasteiger partial charge in [0.2, 0.25) is 5.91 Å². The van der Waals surface area contributed by atoms with Crippen LogP contribution in [0.5, 0.6) is 0 Å². The molecule has 1 fully saturated rings. The largest absolute Gasteiger partial charge is 0.333 e. The van der Waals surface area contributed by atoms with Crippen LogP contribution >= 0.6 is 0 Å². The average Bonchev–Trinajstić information content (AvgIpc) is 2.89. The first-order valence-corrected chi connectivity index (χ1v) is 7.60. The topological polar surface area (TPSA) is 64.2 Å². The van der Waals surface area contributed by atoms with Crippen molar-refractivity contribution in [1.82, 2.24) is 14.5 Å². The van der Waals surface area contributed by atoms with Crippen LogP contribution in [0, 0.1) is 17.8 Å². The molecule has 4 atom stereocenters. The summed E-state index contributed by atoms with van der Waals surface area (Å²) in [4.78, 5) is 19.1. The van der Waals surface area contributed by atoms with Crippen molar-refractivity contribution in [2.24, 2.45) is 23.5 Å². The number of aromatic nitrogens is 2. The summed E-state index contributed by atoms with van der Waals surface area (Å²) in [5, 5.41) is 0. The van der Waals surface area contributed by atoms with Crippen LogP contribution in [0.2, 0.25) is 0 Å². The Labute approximate surface area is 120 Å². The number of imidazole rings is 1. The second-order valence-electron chi connectivity index (χ2n) is 6.49. The SMILES string of the molecule is CC1CC(C)C(C(=O)N2CCn3ccnc3C2)CC1N. The van der Waals surface area contributed by atoms with Crippen molar-refractivity contribution < 1.29 is 4.79 Å². The Morgan fingerprint density at radius 3 is 2.90 bits per heavy atom. The minimum atomic E-state index is 0.0858. The number of carbonyl (C=O) groups excluding carboxylic acids is 1. The summed E-state index contributed by atoms with van der Waals surface area (Å²) in [7, 11) is 0. The highest BCUT2D eigenvalue weighted by Gasteiger charge is 2.37. The van der Waals surface area contributed by atoms with E-state index in [1.165, 1.54) is 0 Å². The lowest BCUT2D eigenvalue weighted by Crippen LogP contribution is -2.48. The molecule has 1 amide bonds. The zero-order valence-corrected chi connectivity index (χ0v) is 12.3. The van der Waals surface area contributed by atoms with Crippen molar-refractivity contribution in [2.75, 3.05) is 6.54 Å². The molecule has 20 heavy (non-hydrogen) atoms. The predicted octanol–water partition coefficient (Wildman–Crippen LogP) is 1.23. The molecule has 0 radical (unpaired) electrons. The number of nitrogens with zero attached hydrogens (tertiary/aromatic N) is 3. The van der Waals surface area contributed by atoms with Crippen molar-refractivity contribution in [3.8, 4) is 0 Å². The fourth-order valence-electron chi connectivity index (χ4n) is 3.62. The fourth-order valence-corrected chi connectivity index (χ4v) is 3.62. The number of fused-ring (bicyclic) bond motifs is 1. The van der Waals surface area contributed by atoms with Crippen LogP contribution in [0.1, 0.15) is 32.5 Å². The Morgan fingerprint density at radius 2 is 2.10 bits per heavy atom. The number of hydrogen-bond acceptors (Lipinski definition) is 3. The number of rotatable bonds is 1. The highest BCUT2D eigenvalue weighted by atomic mass is 16.2. The molecule has 1 aliphatic carbocycles. The monoisotopic (exact) mass is 276 g/mol. The van der Waals surface area contributed by atoms with Gasteiger partial charge >= 0.3 is 0 Å². The Morgan fingerprint density at radius 1 is 1.30 bits per heavy atom. The number of hydrogen-bond donors (Lipinski definition) is 1. The summed E-state index contributed by atoms with van der Waals surface area (Å²) in [5.41, 5.74) is 6.17. The molecule has 4 unspecified atom stereocenters. The minimum absolute atomic E-state index is 0.0858. The highest BCUT2D eigenvalue weighted by Crippen LogP contribution is 2.34. The maximum absolute atomic E-state index is 12.8. The Bertz CT molecular complexity index is 498. The summed E-state index contributed by atoms with van der Waals surface area (Å²) in [6.45, 7) is 6.66. The van der Waals surface area contributed by atoms with Crippen LogP contribution in [0.3, 0.4) is 0 Å². The molecule has 5 heteroatoms. The van der Waals surface area contributed by atoms with Gasteiger partial charge in [-0.1, -0.05) is 13.8 Å². The third-order valence-corrected chi connectivity index (χ3v) is 5.06. The third-order valence-electron chi connectivity index (χ3n) is 5.06. The van der Waals surface area contributed by atoms with Gasteiger partial charge in [0.05, 0.1) is 6.54 Å². The molecule has 1 aromatic heterocycles. The van der Waals surface area contributed by atoms with Gasteiger partial charge in [0.1, 0.15) is 5.82 Å². The fraction of sp³-hybridized carbons (Fsp3) is 0.733. The number of amides is 1. The molecule has 2 heterocycles. The molecule has 110 valence electrons. The van der Waals surface area contributed by atoms with Crippen molar-refractivity contribution in [3.63, 3.8) is 0 Å². The lowest BCUT2D eigenvalue weighted by molar-refractivity contribution is -0.140. The van der Waals surface area contributed by atoms with Crippen molar-refractivity contribution in [1.29, 1.82) is 0 Å². The van der Waals surface area contributed by atoms with E-state index < -0.39 is 0 Å². The lowest BCUT2D eigenvalue weighted by Gasteiger charge is -2.39. The van der Waals surface area contributed by atoms with E-state index >= 15 is 0 Å². The van der Waals surface area contributed by atoms with Crippen molar-refractivity contribution in [3.05, 3.63) is 18.2 Å². The van der Waals surface area contributed by atoms with Crippen LogP contribution in [0.4, 0.5) is 0 Å². The van der Waals surface area contributed by atoms with E-state index in [2.05, 4.69) is 23.4 Å². The van der Waals surface area contributed by atoms with Gasteiger partial charge in [-0.2, -0.15) is 0 Å². The summed E-state index contributed by atoms with van der Waals surface area (Å²) < 4.78 is 2.13. The van der Waals surface area contributed by atoms with Crippen LogP contribution < -0.4 is 5.73 Å². The lowest BCUT2D eigenvalue weighted by atomic mass is 9.72. The van der Waals surface area contributed by atoms with Crippen molar-refractivity contribution in [2.45, 2.75) is 45.8 Å². The van der Waals surface area contributed by atoms with Gasteiger partial charge in [-0.05, 0) is 24.7 Å². The first-order chi connectivity index (χ1) is 9.56. The first-order valence-electron chi connectivity index (χ1n) is 7.60. The molecular weight excluding hydrogens is 252 g/mol. The van der Waals surface area contributed by atoms with Gasteiger partial charge in [-0.25, -0.2) is 4.98 Å². The minimum Gasteiger partial charge on any atom is -0.333 e. The third kappa shape index (κ3) is 2.35. The predicted molar refractivity (Wildman–Crippen MR) is 76.7 cm³/mol. The van der Waals surface area contributed by atoms with Gasteiger partial charge < -0.3 is 15.2 Å². The molecule has 0 aromatic carbocycles. The van der Waals surface area contributed by atoms with E-state index in [0.717, 1.165) is 31.8 Å². The molecule has 2 aliphatic rings. The molecule has 1 aliphatic heterocycles. The quantitative estimate of drug-likeness (QED) is 0.839. The standard InChI is InChI=1S/C15H24N4O/c1-10-7-11(2)13(16)8-12(10)15(20)19-6-5-18-4-3-17-14(18)9-19/h3-4,10-13H,5-9,16H2,1-2H3. The molecule has 0 saturated heterocycles. The van der Waals surface area contributed by atoms with E-state index in [4.69, 9.17) is 5.73 Å². The van der Waals surface area contributed by atoms with Crippen LogP contribution in [0.15, 0.2) is 12.4 Å². The van der Waals surface area contributed by atoms with E-state index in [9.17, 15) is 4.79 Å². The van der Waals surface area contributed by atoms with Crippen LogP contribution in [-0.4, -0.2) is 32.9 Å². The van der Waals surface area contributed by atoms with E-state index in [1.54, 1.807) is 0 Å². The Kier molecular flexibility index (Phi) is 3.54. The second-order valence-corrected chi connectivity index (χ2v) is 6.49. The molecule has 3 rings (SSSR count). The van der Waals surface area contributed by atoms with E-state index in [1.807, 2.05) is 17.3 Å². The van der Waals surface area contributed by atoms with Gasteiger partial charge in [0.25, 0.3) is 0 Å². The number of nitrogens with two attached hydrogens (primary N) is 1. The molecule has 1 aromatic rings. The summed E-state index contributed by atoms with van der Waals surface area (Å²) in [6.07, 6.45) is 5.67. The molecule has 2 N–H and O–H groups in total. The van der Waals surface area contributed by atoms with Crippen molar-refractivity contribution >= 4 is 5.91 Å². The van der Waals surface area contributed by atoms with Crippen LogP contribution in [-0.2, 0) is 17.9 Å². The zero-order chi connectivity index (χ0) is 14.3.